The summed E-state index contributed by atoms with van der Waals surface area (Å²) in [5.41, 5.74) is 5.79. The van der Waals surface area contributed by atoms with Crippen molar-refractivity contribution in [1.29, 1.82) is 0 Å². The van der Waals surface area contributed by atoms with E-state index in [1.807, 2.05) is 34.0 Å². The van der Waals surface area contributed by atoms with E-state index in [1.165, 1.54) is 11.8 Å². The zero-order valence-electron chi connectivity index (χ0n) is 19.0. The lowest BCUT2D eigenvalue weighted by Gasteiger charge is -2.25. The summed E-state index contributed by atoms with van der Waals surface area (Å²) in [6, 6.07) is -4.20. The zero-order valence-corrected chi connectivity index (χ0v) is 19.8. The smallest absolute Gasteiger partial charge is 0.326 e. The molecule has 0 aliphatic carbocycles. The van der Waals surface area contributed by atoms with Crippen LogP contribution in [0.25, 0.3) is 0 Å². The molecule has 0 rings (SSSR count). The predicted octanol–water partition coefficient (Wildman–Crippen LogP) is -0.310. The lowest BCUT2D eigenvalue weighted by atomic mass is 10.0. The van der Waals surface area contributed by atoms with Gasteiger partial charge in [0.05, 0.1) is 12.6 Å². The van der Waals surface area contributed by atoms with Crippen LogP contribution in [0.2, 0.25) is 0 Å². The highest BCUT2D eigenvalue weighted by molar-refractivity contribution is 7.98. The van der Waals surface area contributed by atoms with Crippen LogP contribution in [-0.4, -0.2) is 76.7 Å². The average Bonchev–Trinajstić information content (AvgIpc) is 2.67. The largest absolute Gasteiger partial charge is 0.480 e. The van der Waals surface area contributed by atoms with Gasteiger partial charge in [0.2, 0.25) is 17.7 Å². The highest BCUT2D eigenvalue weighted by atomic mass is 32.2. The van der Waals surface area contributed by atoms with Gasteiger partial charge in [-0.3, -0.25) is 14.4 Å². The summed E-state index contributed by atoms with van der Waals surface area (Å²) in [5, 5.41) is 26.3. The Morgan fingerprint density at radius 2 is 1.29 bits per heavy atom. The molecule has 0 saturated heterocycles. The summed E-state index contributed by atoms with van der Waals surface area (Å²) < 4.78 is 0. The molecule has 0 aromatic rings. The Hall–Kier alpha value is -1.85. The second-order valence-electron chi connectivity index (χ2n) is 8.35. The first-order valence-electron chi connectivity index (χ1n) is 10.4. The molecule has 0 aromatic heterocycles. The second-order valence-corrected chi connectivity index (χ2v) is 9.34. The Kier molecular flexibility index (Phi) is 14.1. The van der Waals surface area contributed by atoms with Crippen molar-refractivity contribution >= 4 is 35.5 Å². The van der Waals surface area contributed by atoms with Crippen molar-refractivity contribution in [3.05, 3.63) is 0 Å². The summed E-state index contributed by atoms with van der Waals surface area (Å²) in [6.07, 6.45) is 2.79. The molecular formula is C20H38N4O6S. The summed E-state index contributed by atoms with van der Waals surface area (Å²) >= 11 is 1.53. The van der Waals surface area contributed by atoms with Crippen LogP contribution in [0, 0.1) is 11.8 Å². The maximum atomic E-state index is 12.7. The van der Waals surface area contributed by atoms with Gasteiger partial charge in [0, 0.05) is 0 Å². The van der Waals surface area contributed by atoms with Gasteiger partial charge in [0.25, 0.3) is 0 Å². The molecular weight excluding hydrogens is 424 g/mol. The normalized spacial score (nSPS) is 15.1. The lowest BCUT2D eigenvalue weighted by molar-refractivity contribution is -0.143. The quantitative estimate of drug-likeness (QED) is 0.192. The van der Waals surface area contributed by atoms with Gasteiger partial charge < -0.3 is 31.9 Å². The SMILES string of the molecule is CSCCC(N)C(=O)NC(CO)C(=O)NC(CC(C)C)C(=O)NC(CC(C)C)C(=O)O. The van der Waals surface area contributed by atoms with Gasteiger partial charge in [-0.05, 0) is 43.1 Å². The van der Waals surface area contributed by atoms with Crippen LogP contribution in [0.1, 0.15) is 47.0 Å². The number of carbonyl (C=O) groups excluding carboxylic acids is 3. The molecule has 0 radical (unpaired) electrons. The average molecular weight is 463 g/mol. The van der Waals surface area contributed by atoms with Crippen LogP contribution in [0.4, 0.5) is 0 Å². The lowest BCUT2D eigenvalue weighted by Crippen LogP contribution is -2.58. The van der Waals surface area contributed by atoms with Gasteiger partial charge in [-0.2, -0.15) is 11.8 Å². The first-order chi connectivity index (χ1) is 14.4. The van der Waals surface area contributed by atoms with Crippen LogP contribution in [0.3, 0.4) is 0 Å². The number of carboxylic acid groups (broad SMARTS) is 1. The number of hydrogen-bond acceptors (Lipinski definition) is 7. The third-order valence-corrected chi connectivity index (χ3v) is 5.09. The van der Waals surface area contributed by atoms with Crippen molar-refractivity contribution in [2.45, 2.75) is 71.1 Å². The van der Waals surface area contributed by atoms with E-state index in [2.05, 4.69) is 16.0 Å². The molecule has 0 fully saturated rings. The Morgan fingerprint density at radius 3 is 1.74 bits per heavy atom. The number of aliphatic hydroxyl groups excluding tert-OH is 1. The summed E-state index contributed by atoms with van der Waals surface area (Å²) in [4.78, 5) is 48.9. The van der Waals surface area contributed by atoms with Crippen molar-refractivity contribution in [3.8, 4) is 0 Å². The van der Waals surface area contributed by atoms with Gasteiger partial charge in [0.1, 0.15) is 18.1 Å². The van der Waals surface area contributed by atoms with E-state index in [0.717, 1.165) is 0 Å². The Bertz CT molecular complexity index is 602. The standard InChI is InChI=1S/C20H38N4O6S/c1-11(2)8-14(18(27)23-15(20(29)30)9-12(3)4)22-19(28)16(10-25)24-17(26)13(21)6-7-31-5/h11-16,25H,6-10,21H2,1-5H3,(H,22,28)(H,23,27)(H,24,26)(H,29,30). The van der Waals surface area contributed by atoms with Crippen molar-refractivity contribution in [1.82, 2.24) is 16.0 Å². The fraction of sp³-hybridized carbons (Fsp3) is 0.800. The number of nitrogens with one attached hydrogen (secondary N) is 3. The second kappa shape index (κ2) is 15.0. The molecule has 31 heavy (non-hydrogen) atoms. The minimum absolute atomic E-state index is 0.0200. The molecule has 4 unspecified atom stereocenters. The van der Waals surface area contributed by atoms with Crippen molar-refractivity contribution in [2.24, 2.45) is 17.6 Å². The number of aliphatic hydroxyl groups is 1. The Morgan fingerprint density at radius 1 is 0.839 bits per heavy atom. The van der Waals surface area contributed by atoms with E-state index in [-0.39, 0.29) is 24.7 Å². The number of carboxylic acids is 1. The Balaban J connectivity index is 5.21. The summed E-state index contributed by atoms with van der Waals surface area (Å²) in [6.45, 7) is 6.71. The molecule has 3 amide bonds. The number of carbonyl (C=O) groups is 4. The highest BCUT2D eigenvalue weighted by Crippen LogP contribution is 2.09. The number of rotatable bonds is 15. The highest BCUT2D eigenvalue weighted by Gasteiger charge is 2.30. The van der Waals surface area contributed by atoms with Gasteiger partial charge in [-0.1, -0.05) is 27.7 Å². The molecule has 10 nitrogen and oxygen atoms in total. The molecule has 0 spiro atoms. The molecule has 0 heterocycles. The van der Waals surface area contributed by atoms with Crippen molar-refractivity contribution in [3.63, 3.8) is 0 Å². The number of aliphatic carboxylic acids is 1. The molecule has 11 heteroatoms. The van der Waals surface area contributed by atoms with E-state index >= 15 is 0 Å². The number of amides is 3. The van der Waals surface area contributed by atoms with Crippen LogP contribution in [0.5, 0.6) is 0 Å². The first-order valence-corrected chi connectivity index (χ1v) is 11.8. The molecule has 180 valence electrons. The van der Waals surface area contributed by atoms with E-state index in [1.54, 1.807) is 0 Å². The molecule has 0 aliphatic heterocycles. The van der Waals surface area contributed by atoms with Gasteiger partial charge in [-0.25, -0.2) is 4.79 Å². The van der Waals surface area contributed by atoms with Crippen LogP contribution in [0.15, 0.2) is 0 Å². The third kappa shape index (κ3) is 11.9. The minimum atomic E-state index is -1.28. The fourth-order valence-electron chi connectivity index (χ4n) is 2.79. The van der Waals surface area contributed by atoms with Gasteiger partial charge >= 0.3 is 5.97 Å². The number of thioether (sulfide) groups is 1. The van der Waals surface area contributed by atoms with Crippen LogP contribution in [-0.2, 0) is 19.2 Å². The minimum Gasteiger partial charge on any atom is -0.480 e. The summed E-state index contributed by atoms with van der Waals surface area (Å²) in [5.74, 6) is -2.37. The third-order valence-electron chi connectivity index (χ3n) is 4.45. The van der Waals surface area contributed by atoms with Gasteiger partial charge in [0.15, 0.2) is 0 Å². The predicted molar refractivity (Wildman–Crippen MR) is 120 cm³/mol. The number of hydrogen-bond donors (Lipinski definition) is 6. The van der Waals surface area contributed by atoms with E-state index in [4.69, 9.17) is 5.73 Å². The maximum absolute atomic E-state index is 12.7. The molecule has 0 aromatic carbocycles. The molecule has 0 bridgehead atoms. The fourth-order valence-corrected chi connectivity index (χ4v) is 3.28. The maximum Gasteiger partial charge on any atom is 0.326 e. The van der Waals surface area contributed by atoms with Crippen molar-refractivity contribution in [2.75, 3.05) is 18.6 Å². The Labute approximate surface area is 188 Å². The molecule has 4 atom stereocenters. The topological polar surface area (TPSA) is 171 Å². The monoisotopic (exact) mass is 462 g/mol. The molecule has 0 aliphatic rings. The first kappa shape index (κ1) is 29.1. The van der Waals surface area contributed by atoms with E-state index in [0.29, 0.717) is 12.2 Å². The van der Waals surface area contributed by atoms with E-state index in [9.17, 15) is 29.4 Å². The molecule has 7 N–H and O–H groups in total. The number of nitrogens with two attached hydrogens (primary N) is 1. The van der Waals surface area contributed by atoms with Gasteiger partial charge in [-0.15, -0.1) is 0 Å². The van der Waals surface area contributed by atoms with Crippen LogP contribution >= 0.6 is 11.8 Å². The van der Waals surface area contributed by atoms with Crippen molar-refractivity contribution < 1.29 is 29.4 Å². The van der Waals surface area contributed by atoms with Crippen LogP contribution < -0.4 is 21.7 Å². The zero-order chi connectivity index (χ0) is 24.1. The summed E-state index contributed by atoms with van der Waals surface area (Å²) in [7, 11) is 0. The van der Waals surface area contributed by atoms with E-state index < -0.39 is 54.5 Å². The molecule has 0 saturated carbocycles.